The second-order valence-corrected chi connectivity index (χ2v) is 4.84. The lowest BCUT2D eigenvalue weighted by Gasteiger charge is -2.34. The van der Waals surface area contributed by atoms with Crippen LogP contribution >= 0.6 is 11.6 Å². The Morgan fingerprint density at radius 3 is 2.84 bits per heavy atom. The number of benzene rings is 1. The summed E-state index contributed by atoms with van der Waals surface area (Å²) < 4.78 is 13.7. The van der Waals surface area contributed by atoms with Gasteiger partial charge >= 0.3 is 0 Å². The average Bonchev–Trinajstić information content (AvgIpc) is 2.37. The van der Waals surface area contributed by atoms with Gasteiger partial charge in [0.25, 0.3) is 0 Å². The second kappa shape index (κ2) is 5.57. The minimum absolute atomic E-state index is 0.0372. The van der Waals surface area contributed by atoms with Crippen molar-refractivity contribution in [2.45, 2.75) is 25.9 Å². The summed E-state index contributed by atoms with van der Waals surface area (Å²) >= 11 is 5.68. The van der Waals surface area contributed by atoms with Crippen LogP contribution in [0.1, 0.15) is 18.9 Å². The minimum Gasteiger partial charge on any atom is -0.345 e. The lowest BCUT2D eigenvalue weighted by atomic mass is 10.1. The lowest BCUT2D eigenvalue weighted by molar-refractivity contribution is -0.146. The molecule has 0 radical (unpaired) electrons. The summed E-state index contributed by atoms with van der Waals surface area (Å²) in [5.41, 5.74) is 0.353. The van der Waals surface area contributed by atoms with Crippen LogP contribution in [0.3, 0.4) is 0 Å². The van der Waals surface area contributed by atoms with Crippen LogP contribution in [0.5, 0.6) is 0 Å². The van der Waals surface area contributed by atoms with Crippen molar-refractivity contribution in [3.8, 4) is 0 Å². The predicted molar refractivity (Wildman–Crippen MR) is 69.0 cm³/mol. The van der Waals surface area contributed by atoms with Crippen LogP contribution in [0.25, 0.3) is 0 Å². The molecule has 2 amide bonds. The third kappa shape index (κ3) is 2.87. The van der Waals surface area contributed by atoms with E-state index < -0.39 is 11.9 Å². The molecule has 1 aliphatic heterocycles. The Morgan fingerprint density at radius 2 is 2.21 bits per heavy atom. The topological polar surface area (TPSA) is 49.4 Å². The van der Waals surface area contributed by atoms with E-state index in [0.717, 1.165) is 0 Å². The number of hydrogen-bond donors (Lipinski definition) is 1. The highest BCUT2D eigenvalue weighted by Gasteiger charge is 2.33. The lowest BCUT2D eigenvalue weighted by Crippen LogP contribution is -2.57. The van der Waals surface area contributed by atoms with Crippen molar-refractivity contribution in [3.05, 3.63) is 34.6 Å². The molecule has 0 aromatic heterocycles. The van der Waals surface area contributed by atoms with Gasteiger partial charge in [-0.2, -0.15) is 0 Å². The van der Waals surface area contributed by atoms with Crippen molar-refractivity contribution in [2.75, 3.05) is 6.54 Å². The summed E-state index contributed by atoms with van der Waals surface area (Å²) in [5.74, 6) is -0.876. The maximum Gasteiger partial charge on any atom is 0.243 e. The third-order valence-electron chi connectivity index (χ3n) is 3.16. The molecule has 1 aromatic rings. The summed E-state index contributed by atoms with van der Waals surface area (Å²) in [6, 6.07) is 3.75. The number of piperazine rings is 1. The molecule has 6 heteroatoms. The Bertz CT molecular complexity index is 521. The van der Waals surface area contributed by atoms with Gasteiger partial charge in [-0.05, 0) is 18.6 Å². The summed E-state index contributed by atoms with van der Waals surface area (Å²) in [7, 11) is 0. The van der Waals surface area contributed by atoms with Crippen LogP contribution in [0.4, 0.5) is 4.39 Å². The molecule has 1 fully saturated rings. The predicted octanol–water partition coefficient (Wildman–Crippen LogP) is 1.72. The van der Waals surface area contributed by atoms with Gasteiger partial charge in [-0.3, -0.25) is 9.59 Å². The Morgan fingerprint density at radius 1 is 1.47 bits per heavy atom. The molecule has 1 N–H and O–H groups in total. The highest BCUT2D eigenvalue weighted by Crippen LogP contribution is 2.19. The quantitative estimate of drug-likeness (QED) is 0.919. The molecular formula is C13H14ClFN2O2. The van der Waals surface area contributed by atoms with Gasteiger partial charge in [0, 0.05) is 17.1 Å². The number of nitrogens with zero attached hydrogens (tertiary/aromatic N) is 1. The zero-order valence-electron chi connectivity index (χ0n) is 10.5. The smallest absolute Gasteiger partial charge is 0.243 e. The van der Waals surface area contributed by atoms with Crippen molar-refractivity contribution in [1.29, 1.82) is 0 Å². The monoisotopic (exact) mass is 284 g/mol. The Hall–Kier alpha value is -1.62. The number of rotatable bonds is 3. The summed E-state index contributed by atoms with van der Waals surface area (Å²) in [4.78, 5) is 25.0. The molecule has 1 atom stereocenters. The SMILES string of the molecule is CCC1C(=O)NCC(=O)N1Cc1ccc(Cl)cc1F. The highest BCUT2D eigenvalue weighted by molar-refractivity contribution is 6.30. The Kier molecular flexibility index (Phi) is 4.04. The summed E-state index contributed by atoms with van der Waals surface area (Å²) in [5, 5.41) is 2.83. The number of nitrogens with one attached hydrogen (secondary N) is 1. The van der Waals surface area contributed by atoms with Crippen molar-refractivity contribution in [3.63, 3.8) is 0 Å². The third-order valence-corrected chi connectivity index (χ3v) is 3.39. The molecule has 1 saturated heterocycles. The standard InChI is InChI=1S/C13H14ClFN2O2/c1-2-11-13(19)16-6-12(18)17(11)7-8-3-4-9(14)5-10(8)15/h3-5,11H,2,6-7H2,1H3,(H,16,19). The zero-order chi connectivity index (χ0) is 14.0. The molecule has 4 nitrogen and oxygen atoms in total. The van der Waals surface area contributed by atoms with Gasteiger partial charge in [0.05, 0.1) is 6.54 Å². The van der Waals surface area contributed by atoms with Crippen molar-refractivity contribution >= 4 is 23.4 Å². The maximum atomic E-state index is 13.7. The average molecular weight is 285 g/mol. The van der Waals surface area contributed by atoms with Crippen molar-refractivity contribution in [1.82, 2.24) is 10.2 Å². The van der Waals surface area contributed by atoms with Crippen LogP contribution in [0.15, 0.2) is 18.2 Å². The van der Waals surface area contributed by atoms with E-state index in [1.165, 1.54) is 17.0 Å². The van der Waals surface area contributed by atoms with Gasteiger partial charge in [0.1, 0.15) is 11.9 Å². The molecule has 0 bridgehead atoms. The van der Waals surface area contributed by atoms with E-state index in [1.807, 2.05) is 6.92 Å². The molecule has 19 heavy (non-hydrogen) atoms. The van der Waals surface area contributed by atoms with Gasteiger partial charge in [0.15, 0.2) is 0 Å². The molecule has 0 aliphatic carbocycles. The van der Waals surface area contributed by atoms with E-state index in [-0.39, 0.29) is 24.9 Å². The minimum atomic E-state index is -0.545. The van der Waals surface area contributed by atoms with Gasteiger partial charge in [0.2, 0.25) is 11.8 Å². The molecule has 1 aliphatic rings. The van der Waals surface area contributed by atoms with Crippen LogP contribution in [0, 0.1) is 5.82 Å². The van der Waals surface area contributed by atoms with Crippen LogP contribution in [-0.4, -0.2) is 29.3 Å². The summed E-state index contributed by atoms with van der Waals surface area (Å²) in [6.45, 7) is 1.85. The molecule has 102 valence electrons. The number of halogens is 2. The van der Waals surface area contributed by atoms with Crippen LogP contribution in [0.2, 0.25) is 5.02 Å². The van der Waals surface area contributed by atoms with Crippen LogP contribution in [-0.2, 0) is 16.1 Å². The van der Waals surface area contributed by atoms with E-state index in [2.05, 4.69) is 5.32 Å². The summed E-state index contributed by atoms with van der Waals surface area (Å²) in [6.07, 6.45) is 0.493. The molecule has 1 aromatic carbocycles. The van der Waals surface area contributed by atoms with Gasteiger partial charge in [-0.1, -0.05) is 24.6 Å². The van der Waals surface area contributed by atoms with E-state index in [9.17, 15) is 14.0 Å². The maximum absolute atomic E-state index is 13.7. The first-order chi connectivity index (χ1) is 9.02. The zero-order valence-corrected chi connectivity index (χ0v) is 11.2. The van der Waals surface area contributed by atoms with E-state index in [4.69, 9.17) is 11.6 Å². The largest absolute Gasteiger partial charge is 0.345 e. The normalized spacial score (nSPS) is 19.5. The van der Waals surface area contributed by atoms with E-state index in [0.29, 0.717) is 17.0 Å². The van der Waals surface area contributed by atoms with E-state index in [1.54, 1.807) is 6.07 Å². The number of amides is 2. The van der Waals surface area contributed by atoms with Gasteiger partial charge < -0.3 is 10.2 Å². The van der Waals surface area contributed by atoms with E-state index >= 15 is 0 Å². The fraction of sp³-hybridized carbons (Fsp3) is 0.385. The molecule has 2 rings (SSSR count). The van der Waals surface area contributed by atoms with Crippen LogP contribution < -0.4 is 5.32 Å². The Balaban J connectivity index is 2.23. The van der Waals surface area contributed by atoms with Gasteiger partial charge in [-0.25, -0.2) is 4.39 Å². The fourth-order valence-corrected chi connectivity index (χ4v) is 2.29. The number of carbonyl (C=O) groups is 2. The molecule has 0 saturated carbocycles. The first-order valence-corrected chi connectivity index (χ1v) is 6.41. The fourth-order valence-electron chi connectivity index (χ4n) is 2.14. The van der Waals surface area contributed by atoms with Gasteiger partial charge in [-0.15, -0.1) is 0 Å². The molecular weight excluding hydrogens is 271 g/mol. The Labute approximate surface area is 115 Å². The molecule has 1 heterocycles. The first kappa shape index (κ1) is 13.8. The molecule has 1 unspecified atom stereocenters. The van der Waals surface area contributed by atoms with Crippen molar-refractivity contribution in [2.24, 2.45) is 0 Å². The number of hydrogen-bond acceptors (Lipinski definition) is 2. The second-order valence-electron chi connectivity index (χ2n) is 4.40. The molecule has 0 spiro atoms. The number of carbonyl (C=O) groups excluding carboxylic acids is 2. The van der Waals surface area contributed by atoms with Crippen molar-refractivity contribution < 1.29 is 14.0 Å². The first-order valence-electron chi connectivity index (χ1n) is 6.04. The highest BCUT2D eigenvalue weighted by atomic mass is 35.5.